The van der Waals surface area contributed by atoms with Gasteiger partial charge in [0.15, 0.2) is 0 Å². The van der Waals surface area contributed by atoms with Gasteiger partial charge in [-0.3, -0.25) is 0 Å². The Labute approximate surface area is 89.4 Å². The Bertz CT molecular complexity index is 483. The zero-order valence-electron chi connectivity index (χ0n) is 8.71. The minimum atomic E-state index is 0.534. The Hall–Kier alpha value is -1.96. The topological polar surface area (TPSA) is 35.2 Å². The lowest BCUT2D eigenvalue weighted by molar-refractivity contribution is 0.438. The van der Waals surface area contributed by atoms with Crippen LogP contribution in [0.15, 0.2) is 48.9 Å². The molecule has 1 aromatic carbocycles. The Kier molecular flexibility index (Phi) is 2.12. The molecule has 1 aliphatic heterocycles. The molecule has 0 bridgehead atoms. The molecule has 0 unspecified atom stereocenters. The minimum Gasteiger partial charge on any atom is -0.457 e. The summed E-state index contributed by atoms with van der Waals surface area (Å²) in [5.74, 6) is 1.42. The zero-order chi connectivity index (χ0) is 11.0. The van der Waals surface area contributed by atoms with Crippen LogP contribution in [0.4, 0.5) is 0 Å². The number of ether oxygens (including phenoxy) is 1. The molecule has 0 fully saturated rings. The molecule has 1 aromatic rings. The van der Waals surface area contributed by atoms with E-state index in [4.69, 9.17) is 10.5 Å². The molecule has 0 amide bonds. The summed E-state index contributed by atoms with van der Waals surface area (Å²) in [6.45, 7) is 9.54. The first-order valence-electron chi connectivity index (χ1n) is 4.73. The van der Waals surface area contributed by atoms with Gasteiger partial charge in [-0.25, -0.2) is 0 Å². The van der Waals surface area contributed by atoms with Crippen molar-refractivity contribution in [2.24, 2.45) is 5.73 Å². The predicted molar refractivity (Wildman–Crippen MR) is 62.3 cm³/mol. The maximum Gasteiger partial charge on any atom is 0.138 e. The Morgan fingerprint density at radius 2 is 2.13 bits per heavy atom. The van der Waals surface area contributed by atoms with Crippen molar-refractivity contribution in [1.82, 2.24) is 0 Å². The second-order valence-electron chi connectivity index (χ2n) is 3.60. The molecular formula is C13H13NO. The van der Waals surface area contributed by atoms with E-state index in [0.29, 0.717) is 11.5 Å². The second-order valence-corrected chi connectivity index (χ2v) is 3.60. The summed E-state index contributed by atoms with van der Waals surface area (Å²) in [5.41, 5.74) is 9.21. The van der Waals surface area contributed by atoms with Gasteiger partial charge in [0.1, 0.15) is 11.5 Å². The molecule has 15 heavy (non-hydrogen) atoms. The minimum absolute atomic E-state index is 0.534. The fraction of sp³-hybridized carbons (Fsp3) is 0.0769. The number of fused-ring (bicyclic) bond motifs is 1. The van der Waals surface area contributed by atoms with Crippen LogP contribution >= 0.6 is 0 Å². The van der Waals surface area contributed by atoms with E-state index in [1.165, 1.54) is 0 Å². The number of allylic oxidation sites excluding steroid dienone is 2. The van der Waals surface area contributed by atoms with Crippen LogP contribution in [-0.2, 0) is 0 Å². The van der Waals surface area contributed by atoms with Gasteiger partial charge >= 0.3 is 0 Å². The fourth-order valence-corrected chi connectivity index (χ4v) is 1.67. The normalized spacial score (nSPS) is 13.9. The highest BCUT2D eigenvalue weighted by molar-refractivity contribution is 5.84. The van der Waals surface area contributed by atoms with Crippen LogP contribution in [0.3, 0.4) is 0 Å². The number of para-hydroxylation sites is 1. The lowest BCUT2D eigenvalue weighted by Gasteiger charge is -2.21. The van der Waals surface area contributed by atoms with E-state index in [2.05, 4.69) is 13.2 Å². The third kappa shape index (κ3) is 1.54. The number of hydrogen-bond donors (Lipinski definition) is 1. The maximum absolute atomic E-state index is 5.73. The third-order valence-electron chi connectivity index (χ3n) is 2.39. The monoisotopic (exact) mass is 199 g/mol. The SMILES string of the molecule is C=C1C=C(C(=C)N)c2cccc(C)c2O1. The summed E-state index contributed by atoms with van der Waals surface area (Å²) in [7, 11) is 0. The molecule has 2 heteroatoms. The smallest absolute Gasteiger partial charge is 0.138 e. The van der Waals surface area contributed by atoms with E-state index in [9.17, 15) is 0 Å². The molecule has 2 nitrogen and oxygen atoms in total. The van der Waals surface area contributed by atoms with Crippen LogP contribution in [0, 0.1) is 6.92 Å². The molecule has 0 aliphatic carbocycles. The largest absolute Gasteiger partial charge is 0.457 e. The summed E-state index contributed by atoms with van der Waals surface area (Å²) in [6, 6.07) is 5.94. The van der Waals surface area contributed by atoms with Gasteiger partial charge in [0, 0.05) is 16.8 Å². The molecule has 0 radical (unpaired) electrons. The average molecular weight is 199 g/mol. The summed E-state index contributed by atoms with van der Waals surface area (Å²) in [5, 5.41) is 0. The van der Waals surface area contributed by atoms with Crippen LogP contribution in [0.1, 0.15) is 11.1 Å². The van der Waals surface area contributed by atoms with E-state index >= 15 is 0 Å². The molecule has 1 aliphatic rings. The van der Waals surface area contributed by atoms with Crippen molar-refractivity contribution >= 4 is 5.57 Å². The molecule has 0 saturated carbocycles. The van der Waals surface area contributed by atoms with Crippen molar-refractivity contribution in [1.29, 1.82) is 0 Å². The molecular weight excluding hydrogens is 186 g/mol. The van der Waals surface area contributed by atoms with Gasteiger partial charge in [0.05, 0.1) is 0 Å². The van der Waals surface area contributed by atoms with Crippen molar-refractivity contribution in [2.45, 2.75) is 6.92 Å². The standard InChI is InChI=1S/C13H13NO/c1-8-5-4-6-11-12(10(3)14)7-9(2)15-13(8)11/h4-7H,2-3,14H2,1H3. The molecule has 76 valence electrons. The van der Waals surface area contributed by atoms with Crippen molar-refractivity contribution < 1.29 is 4.74 Å². The van der Waals surface area contributed by atoms with Crippen molar-refractivity contribution in [3.05, 3.63) is 60.0 Å². The Balaban J connectivity index is 2.67. The van der Waals surface area contributed by atoms with E-state index in [-0.39, 0.29) is 0 Å². The number of benzene rings is 1. The molecule has 2 N–H and O–H groups in total. The van der Waals surface area contributed by atoms with Gasteiger partial charge in [-0.15, -0.1) is 0 Å². The van der Waals surface area contributed by atoms with Gasteiger partial charge < -0.3 is 10.5 Å². The average Bonchev–Trinajstić information content (AvgIpc) is 2.18. The molecule has 0 spiro atoms. The van der Waals surface area contributed by atoms with Crippen molar-refractivity contribution in [3.8, 4) is 5.75 Å². The van der Waals surface area contributed by atoms with Crippen LogP contribution in [0.2, 0.25) is 0 Å². The molecule has 0 aromatic heterocycles. The van der Waals surface area contributed by atoms with E-state index < -0.39 is 0 Å². The summed E-state index contributed by atoms with van der Waals surface area (Å²) in [6.07, 6.45) is 1.81. The van der Waals surface area contributed by atoms with Crippen LogP contribution in [0.25, 0.3) is 5.57 Å². The highest BCUT2D eigenvalue weighted by Crippen LogP contribution is 2.37. The molecule has 1 heterocycles. The van der Waals surface area contributed by atoms with Gasteiger partial charge in [-0.05, 0) is 18.6 Å². The molecule has 2 rings (SSSR count). The molecule has 0 saturated heterocycles. The third-order valence-corrected chi connectivity index (χ3v) is 2.39. The number of aryl methyl sites for hydroxylation is 1. The maximum atomic E-state index is 5.73. The van der Waals surface area contributed by atoms with E-state index in [1.54, 1.807) is 0 Å². The van der Waals surface area contributed by atoms with E-state index in [1.807, 2.05) is 31.2 Å². The van der Waals surface area contributed by atoms with Crippen LogP contribution in [0.5, 0.6) is 5.75 Å². The van der Waals surface area contributed by atoms with Crippen molar-refractivity contribution in [3.63, 3.8) is 0 Å². The van der Waals surface area contributed by atoms with Crippen LogP contribution < -0.4 is 10.5 Å². The summed E-state index contributed by atoms with van der Waals surface area (Å²) < 4.78 is 5.58. The van der Waals surface area contributed by atoms with Gasteiger partial charge in [0.25, 0.3) is 0 Å². The predicted octanol–water partition coefficient (Wildman–Crippen LogP) is 2.76. The first-order valence-corrected chi connectivity index (χ1v) is 4.73. The van der Waals surface area contributed by atoms with E-state index in [0.717, 1.165) is 22.4 Å². The summed E-state index contributed by atoms with van der Waals surface area (Å²) >= 11 is 0. The Morgan fingerprint density at radius 3 is 2.80 bits per heavy atom. The quantitative estimate of drug-likeness (QED) is 0.754. The first-order chi connectivity index (χ1) is 7.09. The first kappa shape index (κ1) is 9.59. The van der Waals surface area contributed by atoms with Gasteiger partial charge in [-0.2, -0.15) is 0 Å². The van der Waals surface area contributed by atoms with Gasteiger partial charge in [-0.1, -0.05) is 31.4 Å². The number of rotatable bonds is 1. The van der Waals surface area contributed by atoms with Crippen molar-refractivity contribution in [2.75, 3.05) is 0 Å². The van der Waals surface area contributed by atoms with Gasteiger partial charge in [0.2, 0.25) is 0 Å². The number of nitrogens with two attached hydrogens (primary N) is 1. The highest BCUT2D eigenvalue weighted by atomic mass is 16.5. The fourth-order valence-electron chi connectivity index (χ4n) is 1.67. The lowest BCUT2D eigenvalue weighted by Crippen LogP contribution is -2.08. The second kappa shape index (κ2) is 3.31. The zero-order valence-corrected chi connectivity index (χ0v) is 8.71. The summed E-state index contributed by atoms with van der Waals surface area (Å²) in [4.78, 5) is 0. The number of hydrogen-bond acceptors (Lipinski definition) is 2. The Morgan fingerprint density at radius 1 is 1.40 bits per heavy atom. The van der Waals surface area contributed by atoms with Crippen LogP contribution in [-0.4, -0.2) is 0 Å². The lowest BCUT2D eigenvalue weighted by atomic mass is 9.97. The highest BCUT2D eigenvalue weighted by Gasteiger charge is 2.18. The molecule has 0 atom stereocenters.